The van der Waals surface area contributed by atoms with E-state index in [0.717, 1.165) is 0 Å². The van der Waals surface area contributed by atoms with Crippen molar-refractivity contribution in [1.29, 1.82) is 0 Å². The Hall–Kier alpha value is -1.50. The molecule has 0 spiro atoms. The minimum Gasteiger partial charge on any atom is -0.350 e. The Morgan fingerprint density at radius 1 is 1.59 bits per heavy atom. The summed E-state index contributed by atoms with van der Waals surface area (Å²) in [6, 6.07) is 0. The van der Waals surface area contributed by atoms with E-state index in [4.69, 9.17) is 0 Å². The largest absolute Gasteiger partial charge is 0.350 e. The predicted octanol–water partition coefficient (Wildman–Crippen LogP) is -0.940. The quantitative estimate of drug-likeness (QED) is 0.755. The summed E-state index contributed by atoms with van der Waals surface area (Å²) in [6.07, 6.45) is 5.23. The molecule has 1 aliphatic heterocycles. The summed E-state index contributed by atoms with van der Waals surface area (Å²) in [7, 11) is -2.88. The summed E-state index contributed by atoms with van der Waals surface area (Å²) in [5.41, 5.74) is 0.299. The molecular formula is C10H14N3O3S+. The first kappa shape index (κ1) is 12.0. The van der Waals surface area contributed by atoms with Gasteiger partial charge in [0.1, 0.15) is 0 Å². The fourth-order valence-electron chi connectivity index (χ4n) is 1.81. The third kappa shape index (κ3) is 3.23. The van der Waals surface area contributed by atoms with Gasteiger partial charge in [0.15, 0.2) is 27.9 Å². The van der Waals surface area contributed by atoms with Gasteiger partial charge in [0.25, 0.3) is 5.91 Å². The number of sulfone groups is 1. The van der Waals surface area contributed by atoms with Crippen molar-refractivity contribution in [2.24, 2.45) is 5.92 Å². The van der Waals surface area contributed by atoms with Gasteiger partial charge in [-0.1, -0.05) is 0 Å². The van der Waals surface area contributed by atoms with Crippen LogP contribution in [0.2, 0.25) is 0 Å². The van der Waals surface area contributed by atoms with Crippen LogP contribution in [0, 0.1) is 5.92 Å². The average Bonchev–Trinajstić information content (AvgIpc) is 2.67. The van der Waals surface area contributed by atoms with E-state index in [9.17, 15) is 13.2 Å². The molecule has 1 aromatic rings. The lowest BCUT2D eigenvalue weighted by Gasteiger charge is -2.08. The molecule has 7 heteroatoms. The summed E-state index contributed by atoms with van der Waals surface area (Å²) in [4.78, 5) is 18.3. The standard InChI is InChI=1S/C10H13N3O3S/c14-10(9-6-11-2-3-12-9)13-5-8-1-4-17(15,16)7-8/h2-3,6,8H,1,4-5,7H2,(H,13,14)/p+1/t8-/m1/s1. The Labute approximate surface area is 99.4 Å². The first-order chi connectivity index (χ1) is 8.07. The number of nitrogens with zero attached hydrogens (tertiary/aromatic N) is 1. The molecule has 1 aliphatic rings. The lowest BCUT2D eigenvalue weighted by molar-refractivity contribution is -0.379. The van der Waals surface area contributed by atoms with Crippen LogP contribution < -0.4 is 10.3 Å². The zero-order chi connectivity index (χ0) is 12.3. The van der Waals surface area contributed by atoms with Gasteiger partial charge in [-0.2, -0.15) is 0 Å². The maximum Gasteiger partial charge on any atom is 0.276 e. The maximum atomic E-state index is 11.6. The molecule has 2 N–H and O–H groups in total. The van der Waals surface area contributed by atoms with Crippen molar-refractivity contribution < 1.29 is 18.2 Å². The summed E-state index contributed by atoms with van der Waals surface area (Å²) < 4.78 is 22.5. The summed E-state index contributed by atoms with van der Waals surface area (Å²) >= 11 is 0. The number of aromatic amines is 1. The van der Waals surface area contributed by atoms with Crippen LogP contribution in [0.25, 0.3) is 0 Å². The molecule has 0 aliphatic carbocycles. The highest BCUT2D eigenvalue weighted by atomic mass is 32.2. The monoisotopic (exact) mass is 256 g/mol. The minimum atomic E-state index is -2.88. The number of H-pyrrole nitrogens is 1. The van der Waals surface area contributed by atoms with Crippen molar-refractivity contribution in [2.45, 2.75) is 6.42 Å². The Morgan fingerprint density at radius 3 is 3.00 bits per heavy atom. The Kier molecular flexibility index (Phi) is 3.37. The minimum absolute atomic E-state index is 0.0247. The van der Waals surface area contributed by atoms with Crippen LogP contribution in [-0.4, -0.2) is 37.4 Å². The molecule has 0 unspecified atom stereocenters. The first-order valence-corrected chi connectivity index (χ1v) is 7.20. The summed E-state index contributed by atoms with van der Waals surface area (Å²) in [5, 5.41) is 2.69. The highest BCUT2D eigenvalue weighted by Gasteiger charge is 2.28. The number of carbonyl (C=O) groups excluding carboxylic acids is 1. The second kappa shape index (κ2) is 4.79. The Morgan fingerprint density at radius 2 is 2.41 bits per heavy atom. The number of rotatable bonds is 3. The molecule has 1 atom stereocenters. The topological polar surface area (TPSA) is 90.3 Å². The van der Waals surface area contributed by atoms with Gasteiger partial charge in [-0.15, -0.1) is 0 Å². The second-order valence-electron chi connectivity index (χ2n) is 4.12. The van der Waals surface area contributed by atoms with Gasteiger partial charge < -0.3 is 5.32 Å². The highest BCUT2D eigenvalue weighted by molar-refractivity contribution is 7.91. The Bertz CT molecular complexity index is 501. The second-order valence-corrected chi connectivity index (χ2v) is 6.35. The fraction of sp³-hybridized carbons (Fsp3) is 0.500. The van der Waals surface area contributed by atoms with Gasteiger partial charge >= 0.3 is 0 Å². The van der Waals surface area contributed by atoms with Gasteiger partial charge in [-0.3, -0.25) is 4.79 Å². The van der Waals surface area contributed by atoms with Crippen LogP contribution >= 0.6 is 0 Å². The van der Waals surface area contributed by atoms with Crippen LogP contribution in [0.5, 0.6) is 0 Å². The van der Waals surface area contributed by atoms with Crippen molar-refractivity contribution in [3.05, 3.63) is 24.3 Å². The van der Waals surface area contributed by atoms with Crippen molar-refractivity contribution in [3.8, 4) is 0 Å². The number of carbonyl (C=O) groups is 1. The van der Waals surface area contributed by atoms with E-state index >= 15 is 0 Å². The van der Waals surface area contributed by atoms with E-state index in [1.54, 1.807) is 6.20 Å². The third-order valence-corrected chi connectivity index (χ3v) is 4.55. The molecule has 2 rings (SSSR count). The Balaban J connectivity index is 1.86. The smallest absolute Gasteiger partial charge is 0.276 e. The molecule has 6 nitrogen and oxygen atoms in total. The van der Waals surface area contributed by atoms with Gasteiger partial charge in [0.2, 0.25) is 0 Å². The van der Waals surface area contributed by atoms with Crippen molar-refractivity contribution in [3.63, 3.8) is 0 Å². The number of nitrogens with one attached hydrogen (secondary N) is 2. The van der Waals surface area contributed by atoms with Gasteiger partial charge in [-0.25, -0.2) is 18.4 Å². The van der Waals surface area contributed by atoms with E-state index < -0.39 is 9.84 Å². The number of hydrogen-bond acceptors (Lipinski definition) is 4. The SMILES string of the molecule is O=C(NC[C@H]1CCS(=O)(=O)C1)c1c[nH+]ccn1. The molecule has 0 aromatic carbocycles. The normalized spacial score (nSPS) is 22.2. The van der Waals surface area contributed by atoms with Crippen LogP contribution in [-0.2, 0) is 9.84 Å². The van der Waals surface area contributed by atoms with Gasteiger partial charge in [-0.05, 0) is 12.3 Å². The van der Waals surface area contributed by atoms with Crippen molar-refractivity contribution >= 4 is 15.7 Å². The van der Waals surface area contributed by atoms with E-state index in [1.165, 1.54) is 12.4 Å². The zero-order valence-electron chi connectivity index (χ0n) is 9.22. The molecule has 1 aromatic heterocycles. The van der Waals surface area contributed by atoms with Crippen molar-refractivity contribution in [2.75, 3.05) is 18.1 Å². The lowest BCUT2D eigenvalue weighted by atomic mass is 10.1. The van der Waals surface area contributed by atoms with E-state index in [-0.39, 0.29) is 23.3 Å². The lowest BCUT2D eigenvalue weighted by Crippen LogP contribution is -2.31. The number of amides is 1. The molecule has 1 fully saturated rings. The molecule has 0 radical (unpaired) electrons. The highest BCUT2D eigenvalue weighted by Crippen LogP contribution is 2.17. The van der Waals surface area contributed by atoms with E-state index in [1.807, 2.05) is 0 Å². The van der Waals surface area contributed by atoms with Crippen LogP contribution in [0.4, 0.5) is 0 Å². The number of hydrogen-bond donors (Lipinski definition) is 1. The predicted molar refractivity (Wildman–Crippen MR) is 59.9 cm³/mol. The molecule has 17 heavy (non-hydrogen) atoms. The fourth-order valence-corrected chi connectivity index (χ4v) is 3.67. The van der Waals surface area contributed by atoms with Crippen molar-refractivity contribution in [1.82, 2.24) is 10.3 Å². The molecule has 0 saturated carbocycles. The molecule has 1 saturated heterocycles. The molecule has 2 heterocycles. The summed E-state index contributed by atoms with van der Waals surface area (Å²) in [5.74, 6) is 0.134. The van der Waals surface area contributed by atoms with Crippen LogP contribution in [0.1, 0.15) is 16.9 Å². The molecule has 0 bridgehead atoms. The zero-order valence-corrected chi connectivity index (χ0v) is 10.0. The molecule has 1 amide bonds. The van der Waals surface area contributed by atoms with E-state index in [2.05, 4.69) is 15.3 Å². The maximum absolute atomic E-state index is 11.6. The average molecular weight is 256 g/mol. The van der Waals surface area contributed by atoms with Gasteiger partial charge in [0.05, 0.1) is 17.7 Å². The first-order valence-electron chi connectivity index (χ1n) is 5.37. The third-order valence-electron chi connectivity index (χ3n) is 2.72. The molecular weight excluding hydrogens is 242 g/mol. The molecule has 92 valence electrons. The summed E-state index contributed by atoms with van der Waals surface area (Å²) in [6.45, 7) is 0.384. The van der Waals surface area contributed by atoms with Crippen LogP contribution in [0.3, 0.4) is 0 Å². The van der Waals surface area contributed by atoms with Crippen LogP contribution in [0.15, 0.2) is 18.6 Å². The number of aromatic nitrogens is 2. The van der Waals surface area contributed by atoms with Gasteiger partial charge in [0, 0.05) is 6.54 Å². The van der Waals surface area contributed by atoms with E-state index in [0.29, 0.717) is 18.7 Å².